The summed E-state index contributed by atoms with van der Waals surface area (Å²) in [6.45, 7) is 7.73. The van der Waals surface area contributed by atoms with Gasteiger partial charge in [-0.3, -0.25) is 0 Å². The first kappa shape index (κ1) is 11.2. The molecule has 0 saturated carbocycles. The minimum absolute atomic E-state index is 0.0671. The number of nitrogens with two attached hydrogens (primary N) is 2. The van der Waals surface area contributed by atoms with Crippen molar-refractivity contribution in [3.8, 4) is 0 Å². The van der Waals surface area contributed by atoms with Crippen LogP contribution in [0.5, 0.6) is 0 Å². The maximum atomic E-state index is 6.04. The molecule has 0 aromatic heterocycles. The van der Waals surface area contributed by atoms with E-state index in [1.807, 2.05) is 27.7 Å². The van der Waals surface area contributed by atoms with Crippen LogP contribution in [-0.2, 0) is 0 Å². The molecule has 1 unspecified atom stereocenters. The molecule has 0 rings (SSSR count). The molecule has 0 amide bonds. The molecule has 0 bridgehead atoms. The molecule has 0 radical (unpaired) electrons. The average molecular weight is 179 g/mol. The van der Waals surface area contributed by atoms with Crippen LogP contribution in [0.2, 0.25) is 0 Å². The molecule has 0 spiro atoms. The Hall–Kier alpha value is 0.210. The smallest absolute Gasteiger partial charge is 0.0527 e. The van der Waals surface area contributed by atoms with Crippen LogP contribution in [0.15, 0.2) is 0 Å². The maximum absolute atomic E-state index is 6.04. The first-order valence-corrected chi connectivity index (χ1v) is 4.28. The largest absolute Gasteiger partial charge is 0.326 e. The van der Waals surface area contributed by atoms with Gasteiger partial charge in [-0.2, -0.15) is 0 Å². The van der Waals surface area contributed by atoms with Crippen molar-refractivity contribution < 1.29 is 0 Å². The average Bonchev–Trinajstić information content (AvgIpc) is 1.56. The fourth-order valence-corrected chi connectivity index (χ4v) is 1.12. The maximum Gasteiger partial charge on any atom is 0.0527 e. The highest BCUT2D eigenvalue weighted by Gasteiger charge is 2.27. The normalized spacial score (nSPS) is 16.6. The van der Waals surface area contributed by atoms with Gasteiger partial charge in [0, 0.05) is 11.1 Å². The van der Waals surface area contributed by atoms with Crippen molar-refractivity contribution in [2.24, 2.45) is 11.5 Å². The first-order valence-electron chi connectivity index (χ1n) is 3.85. The summed E-state index contributed by atoms with van der Waals surface area (Å²) in [5.41, 5.74) is 11.0. The summed E-state index contributed by atoms with van der Waals surface area (Å²) in [6.07, 6.45) is 0.734. The highest BCUT2D eigenvalue weighted by molar-refractivity contribution is 6.21. The van der Waals surface area contributed by atoms with Gasteiger partial charge in [0.1, 0.15) is 0 Å². The topological polar surface area (TPSA) is 52.0 Å². The Bertz CT molecular complexity index is 121. The molecule has 4 N–H and O–H groups in total. The van der Waals surface area contributed by atoms with Gasteiger partial charge in [0.25, 0.3) is 0 Å². The molecular formula is C8H19ClN2. The second kappa shape index (κ2) is 3.30. The van der Waals surface area contributed by atoms with Crippen molar-refractivity contribution in [3.05, 3.63) is 0 Å². The van der Waals surface area contributed by atoms with Gasteiger partial charge in [-0.25, -0.2) is 0 Å². The van der Waals surface area contributed by atoms with Crippen molar-refractivity contribution in [2.75, 3.05) is 0 Å². The number of halogens is 1. The van der Waals surface area contributed by atoms with E-state index in [4.69, 9.17) is 23.1 Å². The minimum Gasteiger partial charge on any atom is -0.326 e. The fourth-order valence-electron chi connectivity index (χ4n) is 0.725. The summed E-state index contributed by atoms with van der Waals surface area (Å²) in [6, 6.07) is 0. The summed E-state index contributed by atoms with van der Waals surface area (Å²) in [7, 11) is 0. The van der Waals surface area contributed by atoms with E-state index in [-0.39, 0.29) is 16.5 Å². The Morgan fingerprint density at radius 1 is 1.18 bits per heavy atom. The van der Waals surface area contributed by atoms with E-state index in [0.717, 1.165) is 6.42 Å². The molecule has 1 atom stereocenters. The second-order valence-electron chi connectivity index (χ2n) is 4.48. The van der Waals surface area contributed by atoms with Crippen molar-refractivity contribution in [1.29, 1.82) is 0 Å². The first-order chi connectivity index (χ1) is 4.63. The number of rotatable bonds is 3. The van der Waals surface area contributed by atoms with Gasteiger partial charge < -0.3 is 11.5 Å². The van der Waals surface area contributed by atoms with Crippen molar-refractivity contribution in [1.82, 2.24) is 0 Å². The highest BCUT2D eigenvalue weighted by Crippen LogP contribution is 2.21. The molecule has 0 fully saturated rings. The third kappa shape index (κ3) is 5.48. The Labute approximate surface area is 74.3 Å². The van der Waals surface area contributed by atoms with E-state index in [9.17, 15) is 0 Å². The Balaban J connectivity index is 3.99. The quantitative estimate of drug-likeness (QED) is 0.643. The van der Waals surface area contributed by atoms with Gasteiger partial charge in [0.15, 0.2) is 0 Å². The van der Waals surface area contributed by atoms with Crippen LogP contribution in [0.25, 0.3) is 0 Å². The summed E-state index contributed by atoms with van der Waals surface area (Å²) in [4.78, 5) is 0. The predicted molar refractivity (Wildman–Crippen MR) is 50.8 cm³/mol. The van der Waals surface area contributed by atoms with Gasteiger partial charge in [0.2, 0.25) is 0 Å². The molecule has 11 heavy (non-hydrogen) atoms. The minimum atomic E-state index is -0.349. The zero-order chi connectivity index (χ0) is 9.28. The SMILES string of the molecule is CC(C)(N)CC(Cl)C(C)(C)N. The molecule has 0 aliphatic rings. The molecule has 0 heterocycles. The summed E-state index contributed by atoms with van der Waals surface area (Å²) in [5, 5.41) is -0.0671. The Morgan fingerprint density at radius 2 is 1.55 bits per heavy atom. The molecule has 0 saturated heterocycles. The molecule has 0 aliphatic heterocycles. The fraction of sp³-hybridized carbons (Fsp3) is 1.00. The van der Waals surface area contributed by atoms with E-state index >= 15 is 0 Å². The van der Waals surface area contributed by atoms with E-state index < -0.39 is 0 Å². The van der Waals surface area contributed by atoms with Gasteiger partial charge in [-0.05, 0) is 34.1 Å². The molecular weight excluding hydrogens is 160 g/mol. The summed E-state index contributed by atoms with van der Waals surface area (Å²) < 4.78 is 0. The van der Waals surface area contributed by atoms with Gasteiger partial charge >= 0.3 is 0 Å². The van der Waals surface area contributed by atoms with E-state index in [0.29, 0.717) is 0 Å². The van der Waals surface area contributed by atoms with Gasteiger partial charge in [-0.15, -0.1) is 11.6 Å². The van der Waals surface area contributed by atoms with Crippen LogP contribution in [0.1, 0.15) is 34.1 Å². The lowest BCUT2D eigenvalue weighted by Gasteiger charge is -2.30. The van der Waals surface area contributed by atoms with Crippen molar-refractivity contribution >= 4 is 11.6 Å². The third-order valence-corrected chi connectivity index (χ3v) is 2.23. The van der Waals surface area contributed by atoms with E-state index in [1.54, 1.807) is 0 Å². The van der Waals surface area contributed by atoms with Crippen LogP contribution in [0.3, 0.4) is 0 Å². The standard InChI is InChI=1S/C8H19ClN2/c1-7(2,10)5-6(9)8(3,4)11/h6H,5,10-11H2,1-4H3. The monoisotopic (exact) mass is 178 g/mol. The number of hydrogen-bond donors (Lipinski definition) is 2. The number of alkyl halides is 1. The Morgan fingerprint density at radius 3 is 1.64 bits per heavy atom. The van der Waals surface area contributed by atoms with Crippen molar-refractivity contribution in [3.63, 3.8) is 0 Å². The van der Waals surface area contributed by atoms with E-state index in [2.05, 4.69) is 0 Å². The van der Waals surface area contributed by atoms with Crippen LogP contribution >= 0.6 is 11.6 Å². The van der Waals surface area contributed by atoms with Gasteiger partial charge in [-0.1, -0.05) is 0 Å². The zero-order valence-electron chi connectivity index (χ0n) is 7.82. The second-order valence-corrected chi connectivity index (χ2v) is 5.01. The van der Waals surface area contributed by atoms with Crippen LogP contribution in [-0.4, -0.2) is 16.5 Å². The molecule has 2 nitrogen and oxygen atoms in total. The van der Waals surface area contributed by atoms with Crippen LogP contribution in [0.4, 0.5) is 0 Å². The predicted octanol–water partition coefficient (Wildman–Crippen LogP) is 1.46. The lowest BCUT2D eigenvalue weighted by atomic mass is 9.90. The number of hydrogen-bond acceptors (Lipinski definition) is 2. The Kier molecular flexibility index (Phi) is 3.36. The highest BCUT2D eigenvalue weighted by atomic mass is 35.5. The van der Waals surface area contributed by atoms with Crippen molar-refractivity contribution in [2.45, 2.75) is 50.6 Å². The molecule has 0 aromatic rings. The van der Waals surface area contributed by atoms with Crippen LogP contribution < -0.4 is 11.5 Å². The van der Waals surface area contributed by atoms with E-state index in [1.165, 1.54) is 0 Å². The molecule has 68 valence electrons. The lowest BCUT2D eigenvalue weighted by molar-refractivity contribution is 0.383. The molecule has 0 aliphatic carbocycles. The summed E-state index contributed by atoms with van der Waals surface area (Å²) >= 11 is 6.04. The summed E-state index contributed by atoms with van der Waals surface area (Å²) in [5.74, 6) is 0. The van der Waals surface area contributed by atoms with Crippen LogP contribution in [0, 0.1) is 0 Å². The third-order valence-electron chi connectivity index (χ3n) is 1.51. The lowest BCUT2D eigenvalue weighted by Crippen LogP contribution is -2.47. The zero-order valence-corrected chi connectivity index (χ0v) is 8.57. The molecule has 0 aromatic carbocycles. The molecule has 3 heteroatoms. The van der Waals surface area contributed by atoms with Gasteiger partial charge in [0.05, 0.1) is 5.38 Å².